The molecule has 7 atom stereocenters. The number of carbonyl (C=O) groups is 2. The third-order valence-electron chi connectivity index (χ3n) is 9.80. The lowest BCUT2D eigenvalue weighted by Gasteiger charge is -2.21. The number of ether oxygens (including phenoxy) is 3. The van der Waals surface area contributed by atoms with Crippen molar-refractivity contribution in [2.45, 2.75) is 180 Å². The van der Waals surface area contributed by atoms with Gasteiger partial charge in [0, 0.05) is 19.0 Å². The minimum absolute atomic E-state index is 0.0511. The van der Waals surface area contributed by atoms with Crippen LogP contribution in [-0.4, -0.2) is 85.7 Å². The molecule has 1 aromatic rings. The Bertz CT molecular complexity index is 1510. The maximum Gasteiger partial charge on any atom is 0.481 e. The SMILES string of the molecule is CC(C)CCCCCCCCCCCC(=O)OC[C@H](COP(=O)(O)OP(=O)(O)OC[C@H]1O[C@@H](n2ccc(N)nc2=O)C(O)[C@H]1O)OC(=O)CCCCCCCCC(C)C. The van der Waals surface area contributed by atoms with E-state index in [1.54, 1.807) is 0 Å². The molecule has 18 nitrogen and oxygen atoms in total. The maximum absolute atomic E-state index is 12.7. The van der Waals surface area contributed by atoms with Gasteiger partial charge < -0.3 is 39.9 Å². The second kappa shape index (κ2) is 28.4. The van der Waals surface area contributed by atoms with Crippen LogP contribution in [0.3, 0.4) is 0 Å². The van der Waals surface area contributed by atoms with Gasteiger partial charge in [0.25, 0.3) is 0 Å². The van der Waals surface area contributed by atoms with Crippen LogP contribution in [0.4, 0.5) is 5.82 Å². The van der Waals surface area contributed by atoms with Crippen LogP contribution < -0.4 is 11.4 Å². The number of nitrogens with zero attached hydrogens (tertiary/aromatic N) is 2. The highest BCUT2D eigenvalue weighted by Crippen LogP contribution is 2.60. The fraction of sp³-hybridized carbons (Fsp3) is 0.846. The fourth-order valence-corrected chi connectivity index (χ4v) is 8.56. The second-order valence-electron chi connectivity index (χ2n) is 16.2. The summed E-state index contributed by atoms with van der Waals surface area (Å²) in [6.45, 7) is 6.57. The topological polar surface area (TPSA) is 265 Å². The van der Waals surface area contributed by atoms with E-state index in [0.29, 0.717) is 18.8 Å². The van der Waals surface area contributed by atoms with Crippen molar-refractivity contribution in [1.29, 1.82) is 0 Å². The number of aliphatic hydroxyl groups is 2. The molecule has 1 fully saturated rings. The molecule has 342 valence electrons. The Morgan fingerprint density at radius 1 is 0.763 bits per heavy atom. The predicted octanol–water partition coefficient (Wildman–Crippen LogP) is 6.87. The largest absolute Gasteiger partial charge is 0.481 e. The molecule has 1 aliphatic rings. The predicted molar refractivity (Wildman–Crippen MR) is 220 cm³/mol. The van der Waals surface area contributed by atoms with E-state index in [1.165, 1.54) is 44.6 Å². The number of esters is 2. The van der Waals surface area contributed by atoms with Gasteiger partial charge in [0.2, 0.25) is 0 Å². The molecule has 1 saturated heterocycles. The zero-order valence-electron chi connectivity index (χ0n) is 35.4. The monoisotopic (exact) mass is 883 g/mol. The van der Waals surface area contributed by atoms with Crippen molar-refractivity contribution < 1.29 is 66.3 Å². The van der Waals surface area contributed by atoms with E-state index in [-0.39, 0.29) is 18.7 Å². The van der Waals surface area contributed by atoms with Crippen molar-refractivity contribution in [3.63, 3.8) is 0 Å². The van der Waals surface area contributed by atoms with Crippen molar-refractivity contribution in [3.05, 3.63) is 22.7 Å². The third kappa shape index (κ3) is 23.5. The van der Waals surface area contributed by atoms with Gasteiger partial charge in [0.05, 0.1) is 13.2 Å². The first-order chi connectivity index (χ1) is 27.9. The molecule has 6 N–H and O–H groups in total. The number of rotatable bonds is 33. The van der Waals surface area contributed by atoms with E-state index >= 15 is 0 Å². The van der Waals surface area contributed by atoms with Gasteiger partial charge in [0.15, 0.2) is 12.3 Å². The molecular weight excluding hydrogens is 812 g/mol. The average Bonchev–Trinajstić information content (AvgIpc) is 3.43. The van der Waals surface area contributed by atoms with Crippen LogP contribution in [0, 0.1) is 11.8 Å². The third-order valence-corrected chi connectivity index (χ3v) is 12.4. The molecule has 20 heteroatoms. The Labute approximate surface area is 349 Å². The van der Waals surface area contributed by atoms with Crippen LogP contribution in [0.5, 0.6) is 0 Å². The summed E-state index contributed by atoms with van der Waals surface area (Å²) in [4.78, 5) is 61.4. The normalized spacial score (nSPS) is 20.7. The number of unbranched alkanes of at least 4 members (excludes halogenated alkanes) is 13. The number of hydrogen-bond donors (Lipinski definition) is 5. The summed E-state index contributed by atoms with van der Waals surface area (Å²) in [6.07, 6.45) is 11.3. The Kier molecular flexibility index (Phi) is 25.4. The highest BCUT2D eigenvalue weighted by atomic mass is 31.3. The fourth-order valence-electron chi connectivity index (χ4n) is 6.45. The van der Waals surface area contributed by atoms with E-state index in [4.69, 9.17) is 29.0 Å². The van der Waals surface area contributed by atoms with Gasteiger partial charge in [0.1, 0.15) is 30.7 Å². The van der Waals surface area contributed by atoms with Gasteiger partial charge in [-0.15, -0.1) is 0 Å². The number of anilines is 1. The molecule has 0 radical (unpaired) electrons. The van der Waals surface area contributed by atoms with Crippen LogP contribution in [-0.2, 0) is 46.3 Å². The van der Waals surface area contributed by atoms with E-state index in [2.05, 4.69) is 37.0 Å². The molecule has 0 amide bonds. The first-order valence-corrected chi connectivity index (χ1v) is 24.3. The van der Waals surface area contributed by atoms with Crippen LogP contribution in [0.1, 0.15) is 156 Å². The molecule has 1 aromatic heterocycles. The highest BCUT2D eigenvalue weighted by molar-refractivity contribution is 7.61. The molecule has 59 heavy (non-hydrogen) atoms. The summed E-state index contributed by atoms with van der Waals surface area (Å²) in [5, 5.41) is 20.8. The minimum Gasteiger partial charge on any atom is -0.462 e. The number of aliphatic hydroxyl groups excluding tert-OH is 2. The number of phosphoric acid groups is 2. The summed E-state index contributed by atoms with van der Waals surface area (Å²) in [5.41, 5.74) is 4.57. The van der Waals surface area contributed by atoms with Crippen molar-refractivity contribution in [1.82, 2.24) is 9.55 Å². The van der Waals surface area contributed by atoms with Gasteiger partial charge in [-0.25, -0.2) is 13.9 Å². The Hall–Kier alpha value is -2.24. The Balaban J connectivity index is 1.85. The molecule has 2 rings (SSSR count). The van der Waals surface area contributed by atoms with Gasteiger partial charge >= 0.3 is 33.3 Å². The lowest BCUT2D eigenvalue weighted by Crippen LogP contribution is -2.36. The van der Waals surface area contributed by atoms with E-state index < -0.39 is 83.7 Å². The van der Waals surface area contributed by atoms with Gasteiger partial charge in [-0.05, 0) is 30.7 Å². The molecule has 1 aliphatic heterocycles. The lowest BCUT2D eigenvalue weighted by atomic mass is 10.0. The number of phosphoric ester groups is 2. The molecule has 3 unspecified atom stereocenters. The zero-order chi connectivity index (χ0) is 43.8. The Morgan fingerprint density at radius 2 is 1.25 bits per heavy atom. The highest BCUT2D eigenvalue weighted by Gasteiger charge is 2.46. The van der Waals surface area contributed by atoms with Gasteiger partial charge in [-0.3, -0.25) is 23.2 Å². The van der Waals surface area contributed by atoms with Crippen molar-refractivity contribution >= 4 is 33.4 Å². The second-order valence-corrected chi connectivity index (χ2v) is 19.2. The smallest absolute Gasteiger partial charge is 0.462 e. The zero-order valence-corrected chi connectivity index (χ0v) is 37.2. The quantitative estimate of drug-likeness (QED) is 0.0274. The van der Waals surface area contributed by atoms with Crippen molar-refractivity contribution in [2.75, 3.05) is 25.6 Å². The van der Waals surface area contributed by atoms with Crippen LogP contribution in [0.2, 0.25) is 0 Å². The lowest BCUT2D eigenvalue weighted by molar-refractivity contribution is -0.161. The van der Waals surface area contributed by atoms with Crippen LogP contribution in [0.15, 0.2) is 17.1 Å². The van der Waals surface area contributed by atoms with E-state index in [0.717, 1.165) is 74.5 Å². The maximum atomic E-state index is 12.7. The molecule has 0 aliphatic carbocycles. The Morgan fingerprint density at radius 3 is 1.78 bits per heavy atom. The van der Waals surface area contributed by atoms with Crippen LogP contribution in [0.25, 0.3) is 0 Å². The number of hydrogen-bond acceptors (Lipinski definition) is 15. The summed E-state index contributed by atoms with van der Waals surface area (Å²) in [5.74, 6) is 0.106. The summed E-state index contributed by atoms with van der Waals surface area (Å²) in [7, 11) is -10.8. The van der Waals surface area contributed by atoms with Gasteiger partial charge in [-0.1, -0.05) is 124 Å². The number of carbonyl (C=O) groups excluding carboxylic acids is 2. The summed E-state index contributed by atoms with van der Waals surface area (Å²) < 4.78 is 56.4. The van der Waals surface area contributed by atoms with E-state index in [1.807, 2.05) is 0 Å². The molecular formula is C39H71N3O15P2. The van der Waals surface area contributed by atoms with Crippen molar-refractivity contribution in [2.24, 2.45) is 11.8 Å². The number of aromatic nitrogens is 2. The first-order valence-electron chi connectivity index (χ1n) is 21.3. The number of nitrogens with two attached hydrogens (primary N) is 1. The summed E-state index contributed by atoms with van der Waals surface area (Å²) in [6, 6.07) is 1.25. The number of nitrogen functional groups attached to an aromatic ring is 1. The standard InChI is InChI=1S/C39H71N3O15P2/c1-29(2)20-16-12-8-6-5-7-9-14-18-22-34(43)52-26-31(55-35(44)23-19-15-11-10-13-17-21-30(3)4)27-53-58(48,49)57-59(50,51)54-28-32-36(45)37(46)38(56-32)42-25-24-33(40)41-39(42)47/h24-25,29-32,36-38,45-46H,5-23,26-28H2,1-4H3,(H,48,49)(H,50,51)(H2,40,41,47)/t31-,32-,36+,37?,38-/m1/s1. The van der Waals surface area contributed by atoms with E-state index in [9.17, 15) is 43.5 Å². The van der Waals surface area contributed by atoms with Crippen molar-refractivity contribution in [3.8, 4) is 0 Å². The summed E-state index contributed by atoms with van der Waals surface area (Å²) >= 11 is 0. The molecule has 0 bridgehead atoms. The molecule has 0 spiro atoms. The average molecular weight is 884 g/mol. The van der Waals surface area contributed by atoms with Gasteiger partial charge in [-0.2, -0.15) is 9.29 Å². The minimum atomic E-state index is -5.41. The first kappa shape index (κ1) is 52.9. The molecule has 0 aromatic carbocycles. The molecule has 0 saturated carbocycles. The molecule has 2 heterocycles. The van der Waals surface area contributed by atoms with Crippen LogP contribution >= 0.6 is 15.6 Å².